The maximum Gasteiger partial charge on any atom is 0.471 e. The summed E-state index contributed by atoms with van der Waals surface area (Å²) < 4.78 is 52.4. The smallest absolute Gasteiger partial charge is 0.318 e. The second-order valence-corrected chi connectivity index (χ2v) is 8.48. The van der Waals surface area contributed by atoms with Gasteiger partial charge in [0, 0.05) is 15.9 Å². The lowest BCUT2D eigenvalue weighted by atomic mass is 10.3. The molecule has 3 rings (SSSR count). The van der Waals surface area contributed by atoms with Gasteiger partial charge in [0.25, 0.3) is 0 Å². The van der Waals surface area contributed by atoms with Crippen LogP contribution in [0.15, 0.2) is 84.9 Å². The van der Waals surface area contributed by atoms with Crippen molar-refractivity contribution < 1.29 is 22.5 Å². The molecule has 3 nitrogen and oxygen atoms in total. The summed E-state index contributed by atoms with van der Waals surface area (Å²) in [5.74, 6) is -2.11. The van der Waals surface area contributed by atoms with Crippen molar-refractivity contribution in [2.75, 3.05) is 5.32 Å². The highest BCUT2D eigenvalue weighted by Crippen LogP contribution is 2.44. The van der Waals surface area contributed by atoms with Crippen LogP contribution in [0.5, 0.6) is 0 Å². The summed E-state index contributed by atoms with van der Waals surface area (Å²) in [6.45, 7) is 0. The first-order valence-electron chi connectivity index (χ1n) is 8.02. The molecule has 3 aromatic rings. The average Bonchev–Trinajstić information content (AvgIpc) is 2.68. The van der Waals surface area contributed by atoms with Gasteiger partial charge in [0.05, 0.1) is 5.69 Å². The molecule has 0 bridgehead atoms. The number of hydrogen-bond donors (Lipinski definition) is 1. The van der Waals surface area contributed by atoms with Gasteiger partial charge >= 0.3 is 12.1 Å². The molecule has 0 heterocycles. The van der Waals surface area contributed by atoms with Crippen molar-refractivity contribution >= 4 is 34.7 Å². The van der Waals surface area contributed by atoms with Crippen molar-refractivity contribution in [3.8, 4) is 0 Å². The van der Waals surface area contributed by atoms with Crippen molar-refractivity contribution in [1.29, 1.82) is 0 Å². The Kier molecular flexibility index (Phi) is 5.19. The van der Waals surface area contributed by atoms with Crippen molar-refractivity contribution in [1.82, 2.24) is 0 Å². The predicted octanol–water partition coefficient (Wildman–Crippen LogP) is 3.83. The van der Waals surface area contributed by atoms with E-state index in [9.17, 15) is 22.5 Å². The first kappa shape index (κ1) is 18.9. The van der Waals surface area contributed by atoms with Crippen molar-refractivity contribution in [2.45, 2.75) is 6.18 Å². The number of amides is 1. The van der Waals surface area contributed by atoms with Crippen LogP contribution in [-0.4, -0.2) is 12.1 Å². The Morgan fingerprint density at radius 3 is 1.67 bits per heavy atom. The van der Waals surface area contributed by atoms with E-state index in [1.54, 1.807) is 66.7 Å². The normalized spacial score (nSPS) is 11.8. The topological polar surface area (TPSA) is 46.2 Å². The zero-order chi connectivity index (χ0) is 19.5. The maximum absolute atomic E-state index is 14.2. The number of para-hydroxylation sites is 1. The molecule has 7 heteroatoms. The zero-order valence-corrected chi connectivity index (χ0v) is 14.9. The number of benzene rings is 3. The van der Waals surface area contributed by atoms with Crippen LogP contribution in [0.4, 0.5) is 18.9 Å². The first-order valence-corrected chi connectivity index (χ1v) is 9.73. The summed E-state index contributed by atoms with van der Waals surface area (Å²) in [5, 5.41) is 2.92. The van der Waals surface area contributed by atoms with Crippen LogP contribution in [0.3, 0.4) is 0 Å². The van der Waals surface area contributed by atoms with E-state index in [0.717, 1.165) is 0 Å². The second-order valence-electron chi connectivity index (χ2n) is 5.75. The van der Waals surface area contributed by atoms with Gasteiger partial charge in [-0.25, -0.2) is 0 Å². The van der Waals surface area contributed by atoms with E-state index < -0.39 is 19.2 Å². The number of carbonyl (C=O) groups is 1. The van der Waals surface area contributed by atoms with E-state index in [1.165, 1.54) is 18.2 Å². The maximum atomic E-state index is 14.2. The molecule has 0 aliphatic rings. The number of rotatable bonds is 4. The van der Waals surface area contributed by atoms with Gasteiger partial charge in [0.1, 0.15) is 0 Å². The van der Waals surface area contributed by atoms with E-state index in [-0.39, 0.29) is 11.0 Å². The van der Waals surface area contributed by atoms with Gasteiger partial charge in [-0.2, -0.15) is 13.2 Å². The molecule has 1 N–H and O–H groups in total. The van der Waals surface area contributed by atoms with Gasteiger partial charge in [-0.3, -0.25) is 4.79 Å². The van der Waals surface area contributed by atoms with Gasteiger partial charge in [0.2, 0.25) is 0 Å². The molecule has 27 heavy (non-hydrogen) atoms. The molecule has 0 saturated carbocycles. The first-order chi connectivity index (χ1) is 12.8. The highest BCUT2D eigenvalue weighted by atomic mass is 31.2. The van der Waals surface area contributed by atoms with Gasteiger partial charge in [-0.1, -0.05) is 72.8 Å². The predicted molar refractivity (Wildman–Crippen MR) is 101 cm³/mol. The van der Waals surface area contributed by atoms with Gasteiger partial charge in [-0.15, -0.1) is 0 Å². The fourth-order valence-electron chi connectivity index (χ4n) is 2.75. The van der Waals surface area contributed by atoms with E-state index >= 15 is 0 Å². The molecule has 0 atom stereocenters. The van der Waals surface area contributed by atoms with Crippen LogP contribution in [0, 0.1) is 0 Å². The lowest BCUT2D eigenvalue weighted by Crippen LogP contribution is -2.33. The van der Waals surface area contributed by atoms with E-state index in [2.05, 4.69) is 0 Å². The summed E-state index contributed by atoms with van der Waals surface area (Å²) in [6.07, 6.45) is -5.05. The Bertz CT molecular complexity index is 945. The lowest BCUT2D eigenvalue weighted by molar-refractivity contribution is -0.167. The minimum atomic E-state index is -5.05. The largest absolute Gasteiger partial charge is 0.471 e. The summed E-state index contributed by atoms with van der Waals surface area (Å²) in [4.78, 5) is 11.5. The quantitative estimate of drug-likeness (QED) is 0.690. The Balaban J connectivity index is 2.21. The molecular weight excluding hydrogens is 374 g/mol. The molecule has 0 unspecified atom stereocenters. The number of nitrogens with one attached hydrogen (secondary N) is 1. The third-order valence-electron chi connectivity index (χ3n) is 3.99. The number of hydrogen-bond acceptors (Lipinski definition) is 2. The molecule has 0 spiro atoms. The molecule has 0 saturated heterocycles. The highest BCUT2D eigenvalue weighted by Gasteiger charge is 2.40. The molecule has 0 fully saturated rings. The second kappa shape index (κ2) is 7.41. The molecule has 0 aromatic heterocycles. The average molecular weight is 389 g/mol. The fraction of sp³-hybridized carbons (Fsp3) is 0.0500. The summed E-state index contributed by atoms with van der Waals surface area (Å²) in [6, 6.07) is 22.9. The Morgan fingerprint density at radius 1 is 0.741 bits per heavy atom. The molecule has 0 radical (unpaired) electrons. The van der Waals surface area contributed by atoms with Crippen LogP contribution in [-0.2, 0) is 9.36 Å². The van der Waals surface area contributed by atoms with Crippen LogP contribution >= 0.6 is 7.14 Å². The number of alkyl halides is 3. The van der Waals surface area contributed by atoms with Gasteiger partial charge < -0.3 is 9.88 Å². The van der Waals surface area contributed by atoms with E-state index in [0.29, 0.717) is 10.6 Å². The van der Waals surface area contributed by atoms with Gasteiger partial charge in [-0.05, 0) is 12.1 Å². The minimum Gasteiger partial charge on any atom is -0.318 e. The molecule has 1 amide bonds. The summed E-state index contributed by atoms with van der Waals surface area (Å²) in [7, 11) is -3.50. The molecule has 138 valence electrons. The SMILES string of the molecule is O=C(Nc1ccccc1P(=O)(c1ccccc1)c1ccccc1)C(F)(F)F. The van der Waals surface area contributed by atoms with Crippen molar-refractivity contribution in [3.05, 3.63) is 84.9 Å². The summed E-state index contributed by atoms with van der Waals surface area (Å²) >= 11 is 0. The van der Waals surface area contributed by atoms with Crippen LogP contribution in [0.25, 0.3) is 0 Å². The number of carbonyl (C=O) groups excluding carboxylic acids is 1. The number of halogens is 3. The molecule has 0 aliphatic carbocycles. The molecule has 0 aliphatic heterocycles. The Morgan fingerprint density at radius 2 is 1.19 bits per heavy atom. The van der Waals surface area contributed by atoms with Crippen LogP contribution in [0.1, 0.15) is 0 Å². The number of anilines is 1. The Hall–Kier alpha value is -2.85. The minimum absolute atomic E-state index is 0.129. The van der Waals surface area contributed by atoms with Crippen LogP contribution in [0.2, 0.25) is 0 Å². The zero-order valence-electron chi connectivity index (χ0n) is 14.0. The monoisotopic (exact) mass is 389 g/mol. The summed E-state index contributed by atoms with van der Waals surface area (Å²) in [5.41, 5.74) is -0.129. The molecule has 3 aromatic carbocycles. The van der Waals surface area contributed by atoms with Crippen LogP contribution < -0.4 is 21.2 Å². The van der Waals surface area contributed by atoms with Gasteiger partial charge in [0.15, 0.2) is 7.14 Å². The standard InChI is InChI=1S/C20H15F3NO2P/c21-20(22,23)19(25)24-17-13-7-8-14-18(17)27(26,15-9-3-1-4-10-15)16-11-5-2-6-12-16/h1-14H,(H,24,25). The fourth-order valence-corrected chi connectivity index (χ4v) is 5.55. The third-order valence-corrected chi connectivity index (χ3v) is 7.11. The third kappa shape index (κ3) is 3.81. The van der Waals surface area contributed by atoms with E-state index in [1.807, 2.05) is 5.32 Å². The van der Waals surface area contributed by atoms with Crippen molar-refractivity contribution in [2.24, 2.45) is 0 Å². The van der Waals surface area contributed by atoms with Crippen molar-refractivity contribution in [3.63, 3.8) is 0 Å². The Labute approximate surface area is 154 Å². The highest BCUT2D eigenvalue weighted by molar-refractivity contribution is 7.85. The van der Waals surface area contributed by atoms with E-state index in [4.69, 9.17) is 0 Å². The molecular formula is C20H15F3NO2P. The lowest BCUT2D eigenvalue weighted by Gasteiger charge is -2.23.